The van der Waals surface area contributed by atoms with Crippen LogP contribution in [0.1, 0.15) is 128 Å². The van der Waals surface area contributed by atoms with Crippen LogP contribution in [-0.4, -0.2) is 13.1 Å². The predicted octanol–water partition coefficient (Wildman–Crippen LogP) is 2.44. The van der Waals surface area contributed by atoms with Gasteiger partial charge in [-0.15, -0.1) is 0 Å². The molecule has 0 aromatic carbocycles. The molecule has 0 atom stereocenters. The van der Waals surface area contributed by atoms with Crippen LogP contribution in [0.4, 0.5) is 0 Å². The van der Waals surface area contributed by atoms with E-state index in [4.69, 9.17) is 0 Å². The molecule has 11 N–H and O–H groups in total. The summed E-state index contributed by atoms with van der Waals surface area (Å²) in [5.74, 6) is 0. The summed E-state index contributed by atoms with van der Waals surface area (Å²) < 4.78 is 0. The second-order valence-electron chi connectivity index (χ2n) is 9.05. The minimum atomic E-state index is 0.935. The SMILES string of the molecule is C1CCCCCCCCCCCNNNNNNNNNNNCCCCCCCCCC1. The van der Waals surface area contributed by atoms with Crippen LogP contribution >= 0.6 is 0 Å². The lowest BCUT2D eigenvalue weighted by Crippen LogP contribution is -2.66. The molecular formula is C22H55N11. The second-order valence-corrected chi connectivity index (χ2v) is 9.05. The smallest absolute Gasteiger partial charge is 0.0113 e. The maximum atomic E-state index is 3.12. The summed E-state index contributed by atoms with van der Waals surface area (Å²) in [5.41, 5.74) is 31.1. The topological polar surface area (TPSA) is 132 Å². The molecule has 0 aromatic rings. The van der Waals surface area contributed by atoms with Gasteiger partial charge in [-0.1, -0.05) is 116 Å². The molecule has 0 bridgehead atoms. The molecule has 1 heterocycles. The molecule has 0 radical (unpaired) electrons. The Labute approximate surface area is 202 Å². The Hall–Kier alpha value is -0.440. The van der Waals surface area contributed by atoms with Crippen molar-refractivity contribution in [1.82, 2.24) is 60.7 Å². The van der Waals surface area contributed by atoms with E-state index >= 15 is 0 Å². The molecule has 1 saturated heterocycles. The number of rotatable bonds is 0. The molecule has 1 rings (SSSR count). The molecule has 0 aromatic heterocycles. The van der Waals surface area contributed by atoms with Crippen LogP contribution in [0.2, 0.25) is 0 Å². The van der Waals surface area contributed by atoms with Crippen LogP contribution in [0.5, 0.6) is 0 Å². The van der Waals surface area contributed by atoms with E-state index < -0.39 is 0 Å². The highest BCUT2D eigenvalue weighted by Gasteiger charge is 1.96. The van der Waals surface area contributed by atoms with Gasteiger partial charge in [-0.3, -0.25) is 0 Å². The van der Waals surface area contributed by atoms with Gasteiger partial charge in [0.25, 0.3) is 0 Å². The van der Waals surface area contributed by atoms with Crippen molar-refractivity contribution in [3.63, 3.8) is 0 Å². The van der Waals surface area contributed by atoms with Gasteiger partial charge in [-0.25, -0.2) is 10.9 Å². The summed E-state index contributed by atoms with van der Waals surface area (Å²) in [6.45, 7) is 1.87. The second kappa shape index (κ2) is 27.8. The summed E-state index contributed by atoms with van der Waals surface area (Å²) in [4.78, 5) is 0. The summed E-state index contributed by atoms with van der Waals surface area (Å²) in [7, 11) is 0. The summed E-state index contributed by atoms with van der Waals surface area (Å²) in [6, 6.07) is 0. The molecule has 0 saturated carbocycles. The van der Waals surface area contributed by atoms with E-state index in [1.165, 1.54) is 128 Å². The number of nitrogens with one attached hydrogen (secondary N) is 11. The molecule has 1 fully saturated rings. The molecule has 1 aliphatic rings. The lowest BCUT2D eigenvalue weighted by molar-refractivity contribution is 0.224. The van der Waals surface area contributed by atoms with Crippen molar-refractivity contribution in [3.8, 4) is 0 Å². The van der Waals surface area contributed by atoms with Crippen LogP contribution in [0, 0.1) is 0 Å². The highest BCUT2D eigenvalue weighted by atomic mass is 16.0. The highest BCUT2D eigenvalue weighted by Crippen LogP contribution is 2.14. The predicted molar refractivity (Wildman–Crippen MR) is 137 cm³/mol. The van der Waals surface area contributed by atoms with Crippen LogP contribution in [0.3, 0.4) is 0 Å². The van der Waals surface area contributed by atoms with E-state index in [-0.39, 0.29) is 0 Å². The van der Waals surface area contributed by atoms with Gasteiger partial charge in [0.1, 0.15) is 0 Å². The third kappa shape index (κ3) is 26.0. The van der Waals surface area contributed by atoms with Crippen LogP contribution < -0.4 is 60.7 Å². The first kappa shape index (κ1) is 30.6. The normalized spacial score (nSPS) is 24.0. The summed E-state index contributed by atoms with van der Waals surface area (Å²) in [6.07, 6.45) is 27.6. The minimum Gasteiger partial charge on any atom is -0.243 e. The number of hydrogen-bond donors (Lipinski definition) is 11. The van der Waals surface area contributed by atoms with Crippen molar-refractivity contribution in [2.45, 2.75) is 128 Å². The number of hydrazine groups is 10. The average molecular weight is 474 g/mol. The Morgan fingerprint density at radius 2 is 0.364 bits per heavy atom. The number of hydrogen-bond acceptors (Lipinski definition) is 11. The molecular weight excluding hydrogens is 418 g/mol. The van der Waals surface area contributed by atoms with Gasteiger partial charge >= 0.3 is 0 Å². The monoisotopic (exact) mass is 473 g/mol. The standard InChI is InChI=1S/C22H55N11/c1-2-4-6-8-10-12-14-16-18-20-22-24-26-28-30-32-33-31-29-27-25-23-21-19-17-15-13-11-9-7-5-3-1/h23-33H,1-22H2. The largest absolute Gasteiger partial charge is 0.243 e. The minimum absolute atomic E-state index is 0.935. The van der Waals surface area contributed by atoms with E-state index in [0.29, 0.717) is 0 Å². The van der Waals surface area contributed by atoms with E-state index in [1.807, 2.05) is 0 Å². The van der Waals surface area contributed by atoms with E-state index in [2.05, 4.69) is 60.7 Å². The Balaban J connectivity index is 2.00. The fraction of sp³-hybridized carbons (Fsp3) is 1.00. The summed E-state index contributed by atoms with van der Waals surface area (Å²) in [5, 5.41) is 0. The van der Waals surface area contributed by atoms with Gasteiger partial charge in [0.05, 0.1) is 0 Å². The Morgan fingerprint density at radius 3 is 0.606 bits per heavy atom. The molecule has 11 nitrogen and oxygen atoms in total. The first-order valence-electron chi connectivity index (χ1n) is 13.7. The first-order chi connectivity index (χ1) is 16.5. The summed E-state index contributed by atoms with van der Waals surface area (Å²) >= 11 is 0. The lowest BCUT2D eigenvalue weighted by Gasteiger charge is -2.14. The molecule has 0 unspecified atom stereocenters. The molecule has 0 spiro atoms. The van der Waals surface area contributed by atoms with Crippen LogP contribution in [0.25, 0.3) is 0 Å². The zero-order valence-electron chi connectivity index (χ0n) is 21.1. The Bertz CT molecular complexity index is 197. The fourth-order valence-corrected chi connectivity index (χ4v) is 4.04. The van der Waals surface area contributed by atoms with Gasteiger partial charge in [0.15, 0.2) is 0 Å². The molecule has 0 aliphatic carbocycles. The molecule has 33 heavy (non-hydrogen) atoms. The van der Waals surface area contributed by atoms with Gasteiger partial charge < -0.3 is 0 Å². The molecule has 0 amide bonds. The first-order valence-corrected chi connectivity index (χ1v) is 13.7. The van der Waals surface area contributed by atoms with Crippen LogP contribution in [0.15, 0.2) is 0 Å². The lowest BCUT2D eigenvalue weighted by atomic mass is 10.0. The average Bonchev–Trinajstić information content (AvgIpc) is 2.83. The van der Waals surface area contributed by atoms with Crippen molar-refractivity contribution >= 4 is 0 Å². The van der Waals surface area contributed by atoms with Gasteiger partial charge in [0, 0.05) is 13.1 Å². The third-order valence-corrected chi connectivity index (χ3v) is 6.03. The van der Waals surface area contributed by atoms with Crippen molar-refractivity contribution < 1.29 is 0 Å². The molecule has 1 aliphatic heterocycles. The van der Waals surface area contributed by atoms with E-state index in [9.17, 15) is 0 Å². The van der Waals surface area contributed by atoms with Crippen molar-refractivity contribution in [2.24, 2.45) is 0 Å². The van der Waals surface area contributed by atoms with Gasteiger partial charge in [-0.2, -0.15) is 49.8 Å². The van der Waals surface area contributed by atoms with E-state index in [0.717, 1.165) is 13.1 Å². The highest BCUT2D eigenvalue weighted by molar-refractivity contribution is 4.52. The quantitative estimate of drug-likeness (QED) is 0.253. The maximum absolute atomic E-state index is 3.12. The van der Waals surface area contributed by atoms with Crippen molar-refractivity contribution in [1.29, 1.82) is 0 Å². The van der Waals surface area contributed by atoms with Gasteiger partial charge in [0.2, 0.25) is 0 Å². The van der Waals surface area contributed by atoms with Crippen LogP contribution in [-0.2, 0) is 0 Å². The Morgan fingerprint density at radius 1 is 0.182 bits per heavy atom. The Kier molecular flexibility index (Phi) is 25.8. The maximum Gasteiger partial charge on any atom is 0.0113 e. The zero-order chi connectivity index (χ0) is 23.3. The van der Waals surface area contributed by atoms with Crippen molar-refractivity contribution in [2.75, 3.05) is 13.1 Å². The van der Waals surface area contributed by atoms with Crippen molar-refractivity contribution in [3.05, 3.63) is 0 Å². The fourth-order valence-electron chi connectivity index (χ4n) is 4.04. The molecule has 198 valence electrons. The van der Waals surface area contributed by atoms with Gasteiger partial charge in [-0.05, 0) is 12.8 Å². The molecule has 11 heteroatoms. The third-order valence-electron chi connectivity index (χ3n) is 6.03. The zero-order valence-corrected chi connectivity index (χ0v) is 21.1. The van der Waals surface area contributed by atoms with E-state index in [1.54, 1.807) is 0 Å².